The summed E-state index contributed by atoms with van der Waals surface area (Å²) in [5, 5.41) is 4.73. The molecule has 2 rings (SSSR count). The molecule has 2 N–H and O–H groups in total. The number of hydrogen-bond donors (Lipinski definition) is 1. The summed E-state index contributed by atoms with van der Waals surface area (Å²) < 4.78 is 22.6. The van der Waals surface area contributed by atoms with E-state index in [0.29, 0.717) is 10.6 Å². The number of aromatic nitrogens is 1. The summed E-state index contributed by atoms with van der Waals surface area (Å²) in [5.74, 6) is -0.171. The van der Waals surface area contributed by atoms with Crippen molar-refractivity contribution >= 4 is 45.0 Å². The minimum atomic E-state index is -3.77. The quantitative estimate of drug-likeness (QED) is 0.881. The van der Waals surface area contributed by atoms with E-state index in [1.54, 1.807) is 6.92 Å². The number of hydrogen-bond acceptors (Lipinski definition) is 4. The number of pyridine rings is 1. The molecule has 6 nitrogen and oxygen atoms in total. The summed E-state index contributed by atoms with van der Waals surface area (Å²) >= 11 is 11.9. The summed E-state index contributed by atoms with van der Waals surface area (Å²) in [5.41, 5.74) is 0.584. The van der Waals surface area contributed by atoms with Crippen LogP contribution in [0.5, 0.6) is 0 Å². The van der Waals surface area contributed by atoms with Gasteiger partial charge >= 0.3 is 0 Å². The average molecular weight is 324 g/mol. The molecule has 104 valence electrons. The first-order chi connectivity index (χ1) is 8.71. The van der Waals surface area contributed by atoms with Crippen LogP contribution in [-0.4, -0.2) is 31.1 Å². The third-order valence-corrected chi connectivity index (χ3v) is 5.07. The third-order valence-electron chi connectivity index (χ3n) is 2.99. The van der Waals surface area contributed by atoms with Crippen molar-refractivity contribution in [2.24, 2.45) is 5.14 Å². The number of rotatable bonds is 2. The van der Waals surface area contributed by atoms with Crippen LogP contribution >= 0.6 is 23.2 Å². The molecule has 1 aliphatic heterocycles. The summed E-state index contributed by atoms with van der Waals surface area (Å²) in [4.78, 5) is 17.1. The highest BCUT2D eigenvalue weighted by Gasteiger charge is 2.38. The van der Waals surface area contributed by atoms with Gasteiger partial charge in [-0.05, 0) is 12.5 Å². The van der Waals surface area contributed by atoms with Gasteiger partial charge in [-0.15, -0.1) is 0 Å². The molecule has 0 bridgehead atoms. The Morgan fingerprint density at radius 1 is 1.47 bits per heavy atom. The van der Waals surface area contributed by atoms with E-state index in [9.17, 15) is 13.2 Å². The van der Waals surface area contributed by atoms with Crippen LogP contribution in [0.25, 0.3) is 0 Å². The molecule has 0 aromatic carbocycles. The number of halogens is 2. The summed E-state index contributed by atoms with van der Waals surface area (Å²) in [6.07, 6.45) is 1.20. The number of nitrogens with zero attached hydrogens (tertiary/aromatic N) is 2. The van der Waals surface area contributed by atoms with Gasteiger partial charge in [-0.2, -0.15) is 0 Å². The van der Waals surface area contributed by atoms with Crippen molar-refractivity contribution < 1.29 is 13.2 Å². The molecule has 2 heterocycles. The first kappa shape index (κ1) is 14.5. The van der Waals surface area contributed by atoms with Crippen LogP contribution in [0.15, 0.2) is 6.20 Å². The van der Waals surface area contributed by atoms with E-state index in [0.717, 1.165) is 0 Å². The number of primary sulfonamides is 1. The van der Waals surface area contributed by atoms with Gasteiger partial charge in [-0.25, -0.2) is 18.5 Å². The number of carbonyl (C=O) groups excluding carboxylic acids is 1. The van der Waals surface area contributed by atoms with Crippen LogP contribution in [0, 0.1) is 6.92 Å². The Bertz CT molecular complexity index is 648. The Hall–Kier alpha value is -0.890. The van der Waals surface area contributed by atoms with E-state index < -0.39 is 15.3 Å². The van der Waals surface area contributed by atoms with Gasteiger partial charge in [0.15, 0.2) is 5.82 Å². The normalized spacial score (nSPS) is 20.1. The molecule has 19 heavy (non-hydrogen) atoms. The van der Waals surface area contributed by atoms with Crippen molar-refractivity contribution in [1.29, 1.82) is 0 Å². The Morgan fingerprint density at radius 2 is 2.11 bits per heavy atom. The highest BCUT2D eigenvalue weighted by atomic mass is 35.5. The molecule has 1 aliphatic rings. The van der Waals surface area contributed by atoms with Gasteiger partial charge in [0, 0.05) is 19.2 Å². The minimum Gasteiger partial charge on any atom is -0.294 e. The van der Waals surface area contributed by atoms with Gasteiger partial charge in [0.05, 0.1) is 10.0 Å². The maximum absolute atomic E-state index is 11.9. The zero-order chi connectivity index (χ0) is 14.4. The number of nitrogens with two attached hydrogens (primary N) is 1. The summed E-state index contributed by atoms with van der Waals surface area (Å²) in [7, 11) is -3.77. The summed E-state index contributed by atoms with van der Waals surface area (Å²) in [6, 6.07) is 0. The molecule has 1 saturated heterocycles. The van der Waals surface area contributed by atoms with E-state index in [-0.39, 0.29) is 29.7 Å². The Morgan fingerprint density at radius 3 is 2.63 bits per heavy atom. The number of anilines is 1. The van der Waals surface area contributed by atoms with Gasteiger partial charge in [-0.1, -0.05) is 23.2 Å². The van der Waals surface area contributed by atoms with Gasteiger partial charge in [0.25, 0.3) is 0 Å². The van der Waals surface area contributed by atoms with Gasteiger partial charge < -0.3 is 0 Å². The third kappa shape index (κ3) is 2.69. The van der Waals surface area contributed by atoms with Crippen LogP contribution < -0.4 is 10.0 Å². The molecule has 1 aromatic heterocycles. The number of amides is 1. The molecule has 1 atom stereocenters. The van der Waals surface area contributed by atoms with Crippen molar-refractivity contribution in [2.75, 3.05) is 11.4 Å². The summed E-state index contributed by atoms with van der Waals surface area (Å²) in [6.45, 7) is 1.64. The molecular weight excluding hydrogens is 313 g/mol. The van der Waals surface area contributed by atoms with Crippen molar-refractivity contribution in [3.8, 4) is 0 Å². The Balaban J connectivity index is 2.39. The Labute approximate surface area is 120 Å². The van der Waals surface area contributed by atoms with E-state index in [1.807, 2.05) is 0 Å². The van der Waals surface area contributed by atoms with Crippen molar-refractivity contribution in [3.63, 3.8) is 0 Å². The highest BCUT2D eigenvalue weighted by Crippen LogP contribution is 2.33. The van der Waals surface area contributed by atoms with Gasteiger partial charge in [0.2, 0.25) is 15.9 Å². The fourth-order valence-corrected chi connectivity index (χ4v) is 3.01. The molecule has 1 unspecified atom stereocenters. The zero-order valence-corrected chi connectivity index (χ0v) is 12.3. The zero-order valence-electron chi connectivity index (χ0n) is 9.93. The van der Waals surface area contributed by atoms with Crippen molar-refractivity contribution in [3.05, 3.63) is 21.8 Å². The second-order valence-corrected chi connectivity index (χ2v) is 6.92. The van der Waals surface area contributed by atoms with Crippen LogP contribution in [0.1, 0.15) is 12.0 Å². The largest absolute Gasteiger partial charge is 0.294 e. The molecule has 0 saturated carbocycles. The maximum Gasteiger partial charge on any atom is 0.229 e. The first-order valence-corrected chi connectivity index (χ1v) is 7.71. The van der Waals surface area contributed by atoms with Crippen molar-refractivity contribution in [2.45, 2.75) is 18.6 Å². The topological polar surface area (TPSA) is 93.4 Å². The first-order valence-electron chi connectivity index (χ1n) is 5.34. The lowest BCUT2D eigenvalue weighted by Crippen LogP contribution is -2.32. The molecule has 0 spiro atoms. The fourth-order valence-electron chi connectivity index (χ4n) is 1.83. The molecule has 1 fully saturated rings. The van der Waals surface area contributed by atoms with E-state index in [4.69, 9.17) is 28.3 Å². The smallest absolute Gasteiger partial charge is 0.229 e. The standard InChI is InChI=1S/C10H11Cl2N3O3S/c1-5-7(11)3-14-10(9(5)12)15-4-6(2-8(15)16)19(13,17)18/h3,6H,2,4H2,1H3,(H2,13,17,18). The number of carbonyl (C=O) groups is 1. The van der Waals surface area contributed by atoms with Crippen molar-refractivity contribution in [1.82, 2.24) is 4.98 Å². The maximum atomic E-state index is 11.9. The second kappa shape index (κ2) is 4.90. The lowest BCUT2D eigenvalue weighted by Gasteiger charge is -2.17. The van der Waals surface area contributed by atoms with E-state index >= 15 is 0 Å². The Kier molecular flexibility index (Phi) is 3.74. The predicted molar refractivity (Wildman–Crippen MR) is 72.9 cm³/mol. The van der Waals surface area contributed by atoms with Crippen LogP contribution in [0.2, 0.25) is 10.0 Å². The molecule has 1 amide bonds. The van der Waals surface area contributed by atoms with Gasteiger partial charge in [-0.3, -0.25) is 9.69 Å². The molecule has 1 aromatic rings. The molecule has 0 radical (unpaired) electrons. The van der Waals surface area contributed by atoms with E-state index in [2.05, 4.69) is 4.98 Å². The van der Waals surface area contributed by atoms with Crippen LogP contribution in [0.4, 0.5) is 5.82 Å². The molecule has 0 aliphatic carbocycles. The molecule has 9 heteroatoms. The minimum absolute atomic E-state index is 0.0501. The van der Waals surface area contributed by atoms with E-state index in [1.165, 1.54) is 11.1 Å². The van der Waals surface area contributed by atoms with Gasteiger partial charge in [0.1, 0.15) is 5.25 Å². The lowest BCUT2D eigenvalue weighted by atomic mass is 10.3. The second-order valence-electron chi connectivity index (χ2n) is 4.29. The number of sulfonamides is 1. The van der Waals surface area contributed by atoms with Crippen LogP contribution in [0.3, 0.4) is 0 Å². The monoisotopic (exact) mass is 323 g/mol. The fraction of sp³-hybridized carbons (Fsp3) is 0.400. The average Bonchev–Trinajstić information content (AvgIpc) is 2.68. The predicted octanol–water partition coefficient (Wildman–Crippen LogP) is 1.09. The SMILES string of the molecule is Cc1c(Cl)cnc(N2CC(S(N)(=O)=O)CC2=O)c1Cl. The lowest BCUT2D eigenvalue weighted by molar-refractivity contribution is -0.117. The highest BCUT2D eigenvalue weighted by molar-refractivity contribution is 7.89. The molecular formula is C10H11Cl2N3O3S. The van der Waals surface area contributed by atoms with Crippen LogP contribution in [-0.2, 0) is 14.8 Å².